The number of alkyl halides is 3. The number of carbonyl (C=O) groups is 1. The second-order valence-electron chi connectivity index (χ2n) is 6.38. The van der Waals surface area contributed by atoms with E-state index in [9.17, 15) is 18.0 Å². The van der Waals surface area contributed by atoms with Crippen molar-refractivity contribution in [3.8, 4) is 0 Å². The molecule has 7 heteroatoms. The number of halogens is 3. The zero-order valence-corrected chi connectivity index (χ0v) is 14.1. The van der Waals surface area contributed by atoms with Gasteiger partial charge >= 0.3 is 6.18 Å². The van der Waals surface area contributed by atoms with Gasteiger partial charge in [-0.1, -0.05) is 12.1 Å². The molecule has 1 saturated carbocycles. The Morgan fingerprint density at radius 3 is 2.50 bits per heavy atom. The van der Waals surface area contributed by atoms with Crippen LogP contribution in [0.25, 0.3) is 0 Å². The number of thioether (sulfide) groups is 1. The maximum absolute atomic E-state index is 12.6. The van der Waals surface area contributed by atoms with Crippen molar-refractivity contribution in [2.45, 2.75) is 44.1 Å². The minimum Gasteiger partial charge on any atom is -0.335 e. The van der Waals surface area contributed by atoms with Crippen LogP contribution >= 0.6 is 11.8 Å². The summed E-state index contributed by atoms with van der Waals surface area (Å²) in [7, 11) is 0. The molecule has 1 aliphatic carbocycles. The first-order valence-electron chi connectivity index (χ1n) is 8.20. The zero-order chi connectivity index (χ0) is 17.2. The van der Waals surface area contributed by atoms with Crippen LogP contribution in [0.4, 0.5) is 13.2 Å². The topological polar surface area (TPSA) is 32.3 Å². The molecule has 24 heavy (non-hydrogen) atoms. The lowest BCUT2D eigenvalue weighted by Gasteiger charge is -2.27. The van der Waals surface area contributed by atoms with Crippen LogP contribution < -0.4 is 5.32 Å². The summed E-state index contributed by atoms with van der Waals surface area (Å²) in [6.07, 6.45) is -1.89. The van der Waals surface area contributed by atoms with E-state index in [4.69, 9.17) is 0 Å². The van der Waals surface area contributed by atoms with Gasteiger partial charge in [0.1, 0.15) is 0 Å². The summed E-state index contributed by atoms with van der Waals surface area (Å²) in [6, 6.07) is 5.57. The first-order chi connectivity index (χ1) is 11.4. The molecule has 1 heterocycles. The molecule has 3 rings (SSSR count). The van der Waals surface area contributed by atoms with Crippen LogP contribution in [0.3, 0.4) is 0 Å². The van der Waals surface area contributed by atoms with Crippen molar-refractivity contribution in [2.75, 3.05) is 18.1 Å². The standard InChI is InChI=1S/C17H21F3N2OS/c18-17(19,20)13-3-1-12(2-4-13)10-22(15-5-6-15)16(23)9-14-11-24-8-7-21-14/h1-4,14-15,21H,5-11H2. The molecule has 1 aromatic rings. The minimum absolute atomic E-state index is 0.0948. The van der Waals surface area contributed by atoms with Crippen LogP contribution in [0.15, 0.2) is 24.3 Å². The highest BCUT2D eigenvalue weighted by Crippen LogP contribution is 2.31. The Kier molecular flexibility index (Phi) is 5.39. The number of carbonyl (C=O) groups excluding carboxylic acids is 1. The molecule has 132 valence electrons. The average Bonchev–Trinajstić information content (AvgIpc) is 3.38. The van der Waals surface area contributed by atoms with Crippen molar-refractivity contribution in [3.05, 3.63) is 35.4 Å². The predicted octanol–water partition coefficient (Wildman–Crippen LogP) is 3.29. The van der Waals surface area contributed by atoms with Gasteiger partial charge in [-0.05, 0) is 30.5 Å². The summed E-state index contributed by atoms with van der Waals surface area (Å²) in [5, 5.41) is 3.36. The molecule has 1 aliphatic heterocycles. The van der Waals surface area contributed by atoms with Gasteiger partial charge in [0, 0.05) is 43.1 Å². The SMILES string of the molecule is O=C(CC1CSCCN1)N(Cc1ccc(C(F)(F)F)cc1)C1CC1. The Balaban J connectivity index is 1.62. The van der Waals surface area contributed by atoms with Crippen LogP contribution in [-0.2, 0) is 17.5 Å². The zero-order valence-electron chi connectivity index (χ0n) is 13.3. The van der Waals surface area contributed by atoms with E-state index < -0.39 is 11.7 Å². The maximum Gasteiger partial charge on any atom is 0.416 e. The van der Waals surface area contributed by atoms with Crippen LogP contribution in [0.1, 0.15) is 30.4 Å². The van der Waals surface area contributed by atoms with Crippen LogP contribution in [0.5, 0.6) is 0 Å². The van der Waals surface area contributed by atoms with Gasteiger partial charge in [-0.15, -0.1) is 0 Å². The Bertz CT molecular complexity index is 566. The Hall–Kier alpha value is -1.21. The second kappa shape index (κ2) is 7.35. The highest BCUT2D eigenvalue weighted by Gasteiger charge is 2.34. The molecule has 1 atom stereocenters. The number of rotatable bonds is 5. The number of nitrogens with one attached hydrogen (secondary N) is 1. The third-order valence-corrected chi connectivity index (χ3v) is 5.49. The normalized spacial score (nSPS) is 21.5. The van der Waals surface area contributed by atoms with E-state index in [-0.39, 0.29) is 18.0 Å². The lowest BCUT2D eigenvalue weighted by Crippen LogP contribution is -2.43. The van der Waals surface area contributed by atoms with Crippen molar-refractivity contribution >= 4 is 17.7 Å². The van der Waals surface area contributed by atoms with E-state index >= 15 is 0 Å². The lowest BCUT2D eigenvalue weighted by molar-refractivity contribution is -0.137. The third kappa shape index (κ3) is 4.66. The van der Waals surface area contributed by atoms with E-state index in [0.717, 1.165) is 48.6 Å². The number of hydrogen-bond donors (Lipinski definition) is 1. The molecule has 0 radical (unpaired) electrons. The van der Waals surface area contributed by atoms with Crippen LogP contribution in [0.2, 0.25) is 0 Å². The van der Waals surface area contributed by atoms with E-state index in [0.29, 0.717) is 13.0 Å². The molecule has 1 N–H and O–H groups in total. The summed E-state index contributed by atoms with van der Waals surface area (Å²) < 4.78 is 37.9. The van der Waals surface area contributed by atoms with Crippen LogP contribution in [0, 0.1) is 0 Å². The van der Waals surface area contributed by atoms with Gasteiger partial charge < -0.3 is 10.2 Å². The number of benzene rings is 1. The Labute approximate surface area is 144 Å². The fourth-order valence-electron chi connectivity index (χ4n) is 2.88. The molecule has 2 fully saturated rings. The molecule has 2 aliphatic rings. The Morgan fingerprint density at radius 2 is 1.96 bits per heavy atom. The van der Waals surface area contributed by atoms with Gasteiger partial charge in [-0.3, -0.25) is 4.79 Å². The van der Waals surface area contributed by atoms with Crippen LogP contribution in [-0.4, -0.2) is 40.9 Å². The van der Waals surface area contributed by atoms with Crippen molar-refractivity contribution in [1.82, 2.24) is 10.2 Å². The first-order valence-corrected chi connectivity index (χ1v) is 9.35. The van der Waals surface area contributed by atoms with Crippen molar-refractivity contribution in [2.24, 2.45) is 0 Å². The van der Waals surface area contributed by atoms with Gasteiger partial charge in [-0.2, -0.15) is 24.9 Å². The van der Waals surface area contributed by atoms with E-state index in [1.807, 2.05) is 16.7 Å². The smallest absolute Gasteiger partial charge is 0.335 e. The van der Waals surface area contributed by atoms with Crippen molar-refractivity contribution in [3.63, 3.8) is 0 Å². The number of amides is 1. The quantitative estimate of drug-likeness (QED) is 0.877. The molecule has 0 bridgehead atoms. The summed E-state index contributed by atoms with van der Waals surface area (Å²) in [6.45, 7) is 1.31. The molecule has 1 amide bonds. The van der Waals surface area contributed by atoms with Gasteiger partial charge in [0.25, 0.3) is 0 Å². The second-order valence-corrected chi connectivity index (χ2v) is 7.53. The summed E-state index contributed by atoms with van der Waals surface area (Å²) >= 11 is 1.85. The predicted molar refractivity (Wildman–Crippen MR) is 88.7 cm³/mol. The molecular formula is C17H21F3N2OS. The molecule has 1 saturated heterocycles. The van der Waals surface area contributed by atoms with E-state index in [1.165, 1.54) is 12.1 Å². The fraction of sp³-hybridized carbons (Fsp3) is 0.588. The summed E-state index contributed by atoms with van der Waals surface area (Å²) in [5.74, 6) is 2.10. The molecule has 0 spiro atoms. The maximum atomic E-state index is 12.6. The van der Waals surface area contributed by atoms with E-state index in [2.05, 4.69) is 5.32 Å². The van der Waals surface area contributed by atoms with Gasteiger partial charge in [0.05, 0.1) is 5.56 Å². The van der Waals surface area contributed by atoms with Gasteiger partial charge in [-0.25, -0.2) is 0 Å². The molecule has 1 aromatic carbocycles. The lowest BCUT2D eigenvalue weighted by atomic mass is 10.1. The third-order valence-electron chi connectivity index (χ3n) is 4.36. The molecular weight excluding hydrogens is 337 g/mol. The van der Waals surface area contributed by atoms with E-state index in [1.54, 1.807) is 0 Å². The number of hydrogen-bond acceptors (Lipinski definition) is 3. The summed E-state index contributed by atoms with van der Waals surface area (Å²) in [5.41, 5.74) is 0.0909. The van der Waals surface area contributed by atoms with Crippen molar-refractivity contribution < 1.29 is 18.0 Å². The fourth-order valence-corrected chi connectivity index (χ4v) is 3.83. The van der Waals surface area contributed by atoms with Gasteiger partial charge in [0.15, 0.2) is 0 Å². The average molecular weight is 358 g/mol. The highest BCUT2D eigenvalue weighted by molar-refractivity contribution is 7.99. The van der Waals surface area contributed by atoms with Crippen molar-refractivity contribution in [1.29, 1.82) is 0 Å². The highest BCUT2D eigenvalue weighted by atomic mass is 32.2. The van der Waals surface area contributed by atoms with Gasteiger partial charge in [0.2, 0.25) is 5.91 Å². The Morgan fingerprint density at radius 1 is 1.25 bits per heavy atom. The first kappa shape index (κ1) is 17.6. The monoisotopic (exact) mass is 358 g/mol. The minimum atomic E-state index is -4.32. The molecule has 1 unspecified atom stereocenters. The number of nitrogens with zero attached hydrogens (tertiary/aromatic N) is 1. The summed E-state index contributed by atoms with van der Waals surface area (Å²) in [4.78, 5) is 14.5. The molecule has 3 nitrogen and oxygen atoms in total. The molecule has 0 aromatic heterocycles. The largest absolute Gasteiger partial charge is 0.416 e.